The third-order valence-electron chi connectivity index (χ3n) is 3.55. The zero-order chi connectivity index (χ0) is 16.6. The highest BCUT2D eigenvalue weighted by molar-refractivity contribution is 5.70. The molecule has 0 aliphatic rings. The second kappa shape index (κ2) is 14.4. The zero-order valence-electron chi connectivity index (χ0n) is 13.7. The Morgan fingerprint density at radius 3 is 2.18 bits per heavy atom. The zero-order valence-corrected chi connectivity index (χ0v) is 13.7. The van der Waals surface area contributed by atoms with Crippen LogP contribution in [0.15, 0.2) is 24.3 Å². The molecule has 0 saturated carbocycles. The van der Waals surface area contributed by atoms with Gasteiger partial charge in [-0.25, -0.2) is 0 Å². The summed E-state index contributed by atoms with van der Waals surface area (Å²) in [5, 5.41) is 17.7. The number of carboxylic acid groups (broad SMARTS) is 2. The summed E-state index contributed by atoms with van der Waals surface area (Å²) in [5.41, 5.74) is 0. The third kappa shape index (κ3) is 13.4. The SMILES string of the molecule is CCC=CCC=CCC(CCCCCCCC(=O)O)C(=O)O. The number of carbonyl (C=O) groups is 2. The van der Waals surface area contributed by atoms with E-state index < -0.39 is 11.9 Å². The topological polar surface area (TPSA) is 74.6 Å². The number of allylic oxidation sites excluding steroid dienone is 4. The van der Waals surface area contributed by atoms with Crippen molar-refractivity contribution >= 4 is 11.9 Å². The summed E-state index contributed by atoms with van der Waals surface area (Å²) in [6, 6.07) is 0. The highest BCUT2D eigenvalue weighted by Gasteiger charge is 2.14. The van der Waals surface area contributed by atoms with Gasteiger partial charge in [-0.2, -0.15) is 0 Å². The summed E-state index contributed by atoms with van der Waals surface area (Å²) < 4.78 is 0. The van der Waals surface area contributed by atoms with Crippen molar-refractivity contribution in [3.63, 3.8) is 0 Å². The van der Waals surface area contributed by atoms with Crippen LogP contribution in [-0.4, -0.2) is 22.2 Å². The summed E-state index contributed by atoms with van der Waals surface area (Å²) in [7, 11) is 0. The minimum atomic E-state index is -0.744. The fourth-order valence-electron chi connectivity index (χ4n) is 2.24. The van der Waals surface area contributed by atoms with Gasteiger partial charge < -0.3 is 10.2 Å². The molecule has 4 heteroatoms. The molecule has 4 nitrogen and oxygen atoms in total. The molecule has 22 heavy (non-hydrogen) atoms. The first kappa shape index (κ1) is 20.4. The third-order valence-corrected chi connectivity index (χ3v) is 3.55. The lowest BCUT2D eigenvalue weighted by molar-refractivity contribution is -0.142. The minimum absolute atomic E-state index is 0.231. The molecule has 0 aliphatic carbocycles. The Labute approximate surface area is 133 Å². The molecule has 0 fully saturated rings. The maximum Gasteiger partial charge on any atom is 0.306 e. The van der Waals surface area contributed by atoms with E-state index in [4.69, 9.17) is 5.11 Å². The van der Waals surface area contributed by atoms with Crippen molar-refractivity contribution in [1.82, 2.24) is 0 Å². The second-order valence-corrected chi connectivity index (χ2v) is 5.56. The number of hydrogen-bond acceptors (Lipinski definition) is 2. The predicted molar refractivity (Wildman–Crippen MR) is 88.9 cm³/mol. The normalized spacial score (nSPS) is 13.0. The van der Waals surface area contributed by atoms with Crippen molar-refractivity contribution in [3.05, 3.63) is 24.3 Å². The number of hydrogen-bond donors (Lipinski definition) is 2. The maximum atomic E-state index is 11.2. The largest absolute Gasteiger partial charge is 0.481 e. The fraction of sp³-hybridized carbons (Fsp3) is 0.667. The lowest BCUT2D eigenvalue weighted by atomic mass is 9.97. The Hall–Kier alpha value is -1.58. The van der Waals surface area contributed by atoms with E-state index in [1.54, 1.807) is 0 Å². The summed E-state index contributed by atoms with van der Waals surface area (Å²) in [4.78, 5) is 21.6. The van der Waals surface area contributed by atoms with Crippen molar-refractivity contribution in [3.8, 4) is 0 Å². The van der Waals surface area contributed by atoms with E-state index in [-0.39, 0.29) is 12.3 Å². The molecule has 1 unspecified atom stereocenters. The van der Waals surface area contributed by atoms with Crippen molar-refractivity contribution in [1.29, 1.82) is 0 Å². The van der Waals surface area contributed by atoms with Crippen LogP contribution in [0.3, 0.4) is 0 Å². The van der Waals surface area contributed by atoms with Gasteiger partial charge in [0.2, 0.25) is 0 Å². The smallest absolute Gasteiger partial charge is 0.306 e. The average Bonchev–Trinajstić information content (AvgIpc) is 2.46. The van der Waals surface area contributed by atoms with Crippen LogP contribution < -0.4 is 0 Å². The van der Waals surface area contributed by atoms with Gasteiger partial charge in [0.15, 0.2) is 0 Å². The van der Waals surface area contributed by atoms with Gasteiger partial charge in [-0.15, -0.1) is 0 Å². The predicted octanol–water partition coefficient (Wildman–Crippen LogP) is 4.81. The van der Waals surface area contributed by atoms with E-state index in [2.05, 4.69) is 19.1 Å². The van der Waals surface area contributed by atoms with E-state index in [9.17, 15) is 14.7 Å². The molecule has 0 heterocycles. The summed E-state index contributed by atoms with van der Waals surface area (Å²) in [5.74, 6) is -1.77. The molecule has 0 saturated heterocycles. The van der Waals surface area contributed by atoms with Gasteiger partial charge >= 0.3 is 11.9 Å². The highest BCUT2D eigenvalue weighted by Crippen LogP contribution is 2.16. The Morgan fingerprint density at radius 2 is 1.55 bits per heavy atom. The number of unbranched alkanes of at least 4 members (excludes halogenated alkanes) is 4. The van der Waals surface area contributed by atoms with Gasteiger partial charge in [0.1, 0.15) is 0 Å². The van der Waals surface area contributed by atoms with Crippen LogP contribution in [-0.2, 0) is 9.59 Å². The quantitative estimate of drug-likeness (QED) is 0.357. The van der Waals surface area contributed by atoms with Crippen LogP contribution in [0, 0.1) is 5.92 Å². The first-order valence-electron chi connectivity index (χ1n) is 8.32. The van der Waals surface area contributed by atoms with Crippen molar-refractivity contribution in [2.24, 2.45) is 5.92 Å². The van der Waals surface area contributed by atoms with Crippen molar-refractivity contribution in [2.45, 2.75) is 71.1 Å². The lowest BCUT2D eigenvalue weighted by Gasteiger charge is -2.09. The van der Waals surface area contributed by atoms with Gasteiger partial charge in [0.05, 0.1) is 5.92 Å². The molecule has 0 rings (SSSR count). The summed E-state index contributed by atoms with van der Waals surface area (Å²) in [6.45, 7) is 2.09. The Bertz CT molecular complexity index is 358. The molecule has 0 spiro atoms. The van der Waals surface area contributed by atoms with Gasteiger partial charge in [0.25, 0.3) is 0 Å². The van der Waals surface area contributed by atoms with Gasteiger partial charge in [-0.3, -0.25) is 9.59 Å². The first-order valence-corrected chi connectivity index (χ1v) is 8.32. The molecule has 0 aromatic rings. The number of carboxylic acids is 2. The first-order chi connectivity index (χ1) is 10.6. The molecule has 0 aliphatic heterocycles. The van der Waals surface area contributed by atoms with Crippen LogP contribution in [0.2, 0.25) is 0 Å². The second-order valence-electron chi connectivity index (χ2n) is 5.56. The van der Waals surface area contributed by atoms with Crippen LogP contribution in [0.5, 0.6) is 0 Å². The maximum absolute atomic E-state index is 11.2. The van der Waals surface area contributed by atoms with E-state index >= 15 is 0 Å². The van der Waals surface area contributed by atoms with E-state index in [0.29, 0.717) is 19.3 Å². The molecule has 0 aromatic carbocycles. The van der Waals surface area contributed by atoms with Crippen molar-refractivity contribution < 1.29 is 19.8 Å². The summed E-state index contributed by atoms with van der Waals surface area (Å²) in [6.07, 6.45) is 16.1. The van der Waals surface area contributed by atoms with Crippen LogP contribution in [0.25, 0.3) is 0 Å². The van der Waals surface area contributed by atoms with Gasteiger partial charge in [-0.05, 0) is 32.1 Å². The molecule has 1 atom stereocenters. The van der Waals surface area contributed by atoms with Gasteiger partial charge in [0, 0.05) is 6.42 Å². The van der Waals surface area contributed by atoms with Crippen LogP contribution in [0.4, 0.5) is 0 Å². The van der Waals surface area contributed by atoms with Crippen molar-refractivity contribution in [2.75, 3.05) is 0 Å². The number of aliphatic carboxylic acids is 2. The molecular formula is C18H30O4. The van der Waals surface area contributed by atoms with Crippen LogP contribution >= 0.6 is 0 Å². The van der Waals surface area contributed by atoms with E-state index in [1.165, 1.54) is 0 Å². The highest BCUT2D eigenvalue weighted by atomic mass is 16.4. The molecular weight excluding hydrogens is 280 g/mol. The molecule has 2 N–H and O–H groups in total. The molecule has 0 amide bonds. The average molecular weight is 310 g/mol. The fourth-order valence-corrected chi connectivity index (χ4v) is 2.24. The Morgan fingerprint density at radius 1 is 0.909 bits per heavy atom. The molecule has 0 aromatic heterocycles. The Balaban J connectivity index is 3.75. The van der Waals surface area contributed by atoms with E-state index in [0.717, 1.165) is 38.5 Å². The molecule has 0 radical (unpaired) electrons. The van der Waals surface area contributed by atoms with E-state index in [1.807, 2.05) is 12.2 Å². The number of rotatable bonds is 14. The summed E-state index contributed by atoms with van der Waals surface area (Å²) >= 11 is 0. The minimum Gasteiger partial charge on any atom is -0.481 e. The Kier molecular flexibility index (Phi) is 13.3. The molecule has 126 valence electrons. The standard InChI is InChI=1S/C18H30O4/c1-2-3-4-5-7-10-13-16(18(21)22)14-11-8-6-9-12-15-17(19)20/h3-4,7,10,16H,2,5-6,8-9,11-15H2,1H3,(H,19,20)(H,21,22). The lowest BCUT2D eigenvalue weighted by Crippen LogP contribution is -2.12. The van der Waals surface area contributed by atoms with Gasteiger partial charge in [-0.1, -0.05) is 56.9 Å². The molecule has 0 bridgehead atoms. The van der Waals surface area contributed by atoms with Crippen LogP contribution in [0.1, 0.15) is 71.1 Å². The monoisotopic (exact) mass is 310 g/mol.